The van der Waals surface area contributed by atoms with Crippen LogP contribution in [0.4, 0.5) is 8.78 Å². The van der Waals surface area contributed by atoms with Gasteiger partial charge in [-0.1, -0.05) is 6.07 Å². The topological polar surface area (TPSA) is 137 Å². The van der Waals surface area contributed by atoms with E-state index in [1.165, 1.54) is 18.2 Å². The number of piperidine rings is 1. The Morgan fingerprint density at radius 2 is 1.87 bits per heavy atom. The van der Waals surface area contributed by atoms with Crippen molar-refractivity contribution in [3.63, 3.8) is 0 Å². The maximum Gasteiger partial charge on any atom is 0.335 e. The lowest BCUT2D eigenvalue weighted by molar-refractivity contribution is 0.0696. The summed E-state index contributed by atoms with van der Waals surface area (Å²) >= 11 is 0. The number of benzene rings is 2. The third kappa shape index (κ3) is 6.71. The number of halogens is 2. The Labute approximate surface area is 258 Å². The number of carboxylic acids is 1. The van der Waals surface area contributed by atoms with Gasteiger partial charge < -0.3 is 19.1 Å². The van der Waals surface area contributed by atoms with Gasteiger partial charge in [0.25, 0.3) is 0 Å². The zero-order valence-electron chi connectivity index (χ0n) is 24.4. The van der Waals surface area contributed by atoms with Crippen molar-refractivity contribution in [3.05, 3.63) is 82.8 Å². The molecule has 1 saturated carbocycles. The van der Waals surface area contributed by atoms with Crippen LogP contribution < -0.4 is 9.47 Å². The number of fused-ring (bicyclic) bond motifs is 1. The minimum Gasteiger partial charge on any atom is -0.484 e. The smallest absolute Gasteiger partial charge is 0.335 e. The lowest BCUT2D eigenvalue weighted by Gasteiger charge is -2.32. The van der Waals surface area contributed by atoms with Gasteiger partial charge in [0.05, 0.1) is 41.0 Å². The molecule has 0 amide bonds. The van der Waals surface area contributed by atoms with Crippen LogP contribution in [-0.4, -0.2) is 49.7 Å². The molecule has 0 atom stereocenters. The molecule has 45 heavy (non-hydrogen) atoms. The van der Waals surface area contributed by atoms with Crippen molar-refractivity contribution in [2.75, 3.05) is 13.1 Å². The van der Waals surface area contributed by atoms with Crippen LogP contribution >= 0.6 is 0 Å². The first-order valence-corrected chi connectivity index (χ1v) is 14.7. The fraction of sp³-hybridized carbons (Fsp3) is 0.364. The number of hydrogen-bond acceptors (Lipinski definition) is 8. The average molecular weight is 613 g/mol. The van der Waals surface area contributed by atoms with Crippen molar-refractivity contribution >= 4 is 17.0 Å². The molecule has 1 N–H and O–H groups in total. The predicted octanol–water partition coefficient (Wildman–Crippen LogP) is 5.60. The van der Waals surface area contributed by atoms with Gasteiger partial charge in [-0.05, 0) is 62.1 Å². The minimum atomic E-state index is -1.21. The molecule has 4 aromatic rings. The second kappa shape index (κ2) is 12.5. The van der Waals surface area contributed by atoms with Crippen molar-refractivity contribution in [3.8, 4) is 23.8 Å². The van der Waals surface area contributed by atoms with Crippen molar-refractivity contribution in [2.24, 2.45) is 5.41 Å². The summed E-state index contributed by atoms with van der Waals surface area (Å²) in [6, 6.07) is 15.9. The molecular formula is C33H30F2N6O4. The number of hydrogen-bond donors (Lipinski definition) is 1. The molecule has 3 heterocycles. The highest BCUT2D eigenvalue weighted by atomic mass is 19.1. The van der Waals surface area contributed by atoms with E-state index < -0.39 is 17.6 Å². The third-order valence-corrected chi connectivity index (χ3v) is 8.44. The van der Waals surface area contributed by atoms with E-state index in [1.54, 1.807) is 18.2 Å². The Balaban J connectivity index is 1.10. The van der Waals surface area contributed by atoms with Crippen LogP contribution in [-0.2, 0) is 19.7 Å². The number of likely N-dealkylation sites (tertiary alicyclic amines) is 1. The van der Waals surface area contributed by atoms with Gasteiger partial charge in [-0.2, -0.15) is 10.5 Å². The quantitative estimate of drug-likeness (QED) is 0.230. The molecule has 2 aliphatic rings. The number of nitrogens with zero attached hydrogens (tertiary/aromatic N) is 6. The lowest BCUT2D eigenvalue weighted by atomic mass is 10.0. The molecule has 10 nitrogen and oxygen atoms in total. The van der Waals surface area contributed by atoms with Gasteiger partial charge >= 0.3 is 5.97 Å². The van der Waals surface area contributed by atoms with Crippen molar-refractivity contribution < 1.29 is 28.2 Å². The van der Waals surface area contributed by atoms with Gasteiger partial charge in [-0.25, -0.2) is 23.5 Å². The van der Waals surface area contributed by atoms with Crippen LogP contribution in [0.2, 0.25) is 0 Å². The summed E-state index contributed by atoms with van der Waals surface area (Å²) in [6.45, 7) is 2.35. The first kappa shape index (κ1) is 30.0. The summed E-state index contributed by atoms with van der Waals surface area (Å²) in [5, 5.41) is 27.8. The Bertz CT molecular complexity index is 1830. The van der Waals surface area contributed by atoms with Gasteiger partial charge in [0.2, 0.25) is 5.88 Å². The number of pyridine rings is 1. The van der Waals surface area contributed by atoms with E-state index in [9.17, 15) is 23.9 Å². The molecule has 1 saturated heterocycles. The first-order chi connectivity index (χ1) is 21.8. The monoisotopic (exact) mass is 612 g/mol. The summed E-state index contributed by atoms with van der Waals surface area (Å²) in [6.07, 6.45) is 3.50. The van der Waals surface area contributed by atoms with Crippen molar-refractivity contribution in [1.82, 2.24) is 19.4 Å². The molecule has 1 aliphatic heterocycles. The van der Waals surface area contributed by atoms with Crippen LogP contribution in [0.1, 0.15) is 59.5 Å². The van der Waals surface area contributed by atoms with Gasteiger partial charge in [0.1, 0.15) is 24.1 Å². The van der Waals surface area contributed by atoms with E-state index in [2.05, 4.69) is 20.9 Å². The second-order valence-corrected chi connectivity index (χ2v) is 11.7. The fourth-order valence-electron chi connectivity index (χ4n) is 5.72. The Kier molecular flexibility index (Phi) is 8.33. The van der Waals surface area contributed by atoms with Gasteiger partial charge in [-0.15, -0.1) is 0 Å². The van der Waals surface area contributed by atoms with Crippen LogP contribution in [0.5, 0.6) is 11.6 Å². The number of aromatic carboxylic acids is 1. The zero-order valence-corrected chi connectivity index (χ0v) is 24.4. The highest BCUT2D eigenvalue weighted by Gasteiger charge is 2.43. The van der Waals surface area contributed by atoms with E-state index in [4.69, 9.17) is 14.7 Å². The summed E-state index contributed by atoms with van der Waals surface area (Å²) in [4.78, 5) is 23.0. The normalized spacial score (nSPS) is 16.2. The van der Waals surface area contributed by atoms with Crippen LogP contribution in [0.15, 0.2) is 48.5 Å². The highest BCUT2D eigenvalue weighted by molar-refractivity contribution is 5.92. The number of rotatable bonds is 11. The fourth-order valence-corrected chi connectivity index (χ4v) is 5.72. The predicted molar refractivity (Wildman–Crippen MR) is 157 cm³/mol. The molecule has 1 aliphatic carbocycles. The van der Waals surface area contributed by atoms with Crippen LogP contribution in [0.25, 0.3) is 11.0 Å². The highest BCUT2D eigenvalue weighted by Crippen LogP contribution is 2.50. The van der Waals surface area contributed by atoms with E-state index in [0.29, 0.717) is 55.5 Å². The van der Waals surface area contributed by atoms with Gasteiger partial charge in [-0.3, -0.25) is 4.90 Å². The number of aromatic nitrogens is 3. The van der Waals surface area contributed by atoms with Crippen molar-refractivity contribution in [1.29, 1.82) is 10.5 Å². The minimum absolute atomic E-state index is 0.0314. The Hall–Kier alpha value is -5.07. The zero-order chi connectivity index (χ0) is 31.6. The van der Waals surface area contributed by atoms with E-state index >= 15 is 0 Å². The molecule has 12 heteroatoms. The van der Waals surface area contributed by atoms with E-state index in [0.717, 1.165) is 37.8 Å². The average Bonchev–Trinajstić information content (AvgIpc) is 3.71. The molecule has 2 aromatic carbocycles. The van der Waals surface area contributed by atoms with Crippen LogP contribution in [0, 0.1) is 39.7 Å². The third-order valence-electron chi connectivity index (χ3n) is 8.44. The Morgan fingerprint density at radius 3 is 2.56 bits per heavy atom. The molecule has 2 aromatic heterocycles. The molecule has 6 rings (SSSR count). The SMILES string of the molecule is N#CCC1(Cn2c(CN3CCC(Oc4cccc(COc5ccc(C#N)cc5F)n4)CC3)nc3c(F)cc(C(=O)O)cc32)CC1. The largest absolute Gasteiger partial charge is 0.484 e. The maximum absolute atomic E-state index is 15.0. The second-order valence-electron chi connectivity index (χ2n) is 11.7. The number of imidazole rings is 1. The molecule has 0 radical (unpaired) electrons. The van der Waals surface area contributed by atoms with Crippen LogP contribution in [0.3, 0.4) is 0 Å². The number of ether oxygens (including phenoxy) is 2. The summed E-state index contributed by atoms with van der Waals surface area (Å²) in [5.74, 6) is -1.39. The number of carbonyl (C=O) groups is 1. The summed E-state index contributed by atoms with van der Waals surface area (Å²) in [5.41, 5.74) is 1.01. The summed E-state index contributed by atoms with van der Waals surface area (Å²) in [7, 11) is 0. The lowest BCUT2D eigenvalue weighted by Crippen LogP contribution is -2.38. The molecule has 0 unspecified atom stereocenters. The molecular weight excluding hydrogens is 582 g/mol. The van der Waals surface area contributed by atoms with Crippen molar-refractivity contribution in [2.45, 2.75) is 57.9 Å². The molecule has 230 valence electrons. The van der Waals surface area contributed by atoms with E-state index in [-0.39, 0.29) is 40.5 Å². The summed E-state index contributed by atoms with van der Waals surface area (Å²) < 4.78 is 42.8. The standard InChI is InChI=1S/C33H30F2N6O4/c34-25-14-21(17-37)4-5-28(25)44-19-23-2-1-3-30(38-23)45-24-6-12-40(13-7-24)18-29-39-31-26(35)15-22(32(42)43)16-27(31)41(29)20-33(8-9-33)10-11-36/h1-5,14-16,24H,6-10,12-13,18-20H2,(H,42,43). The number of carboxylic acid groups (broad SMARTS) is 1. The van der Waals surface area contributed by atoms with Gasteiger partial charge in [0, 0.05) is 37.5 Å². The van der Waals surface area contributed by atoms with E-state index in [1.807, 2.05) is 10.6 Å². The molecule has 2 fully saturated rings. The molecule has 0 bridgehead atoms. The first-order valence-electron chi connectivity index (χ1n) is 14.7. The number of nitriles is 2. The van der Waals surface area contributed by atoms with Gasteiger partial charge in [0.15, 0.2) is 17.4 Å². The Morgan fingerprint density at radius 1 is 1.07 bits per heavy atom. The molecule has 0 spiro atoms. The maximum atomic E-state index is 15.0.